The highest BCUT2D eigenvalue weighted by Crippen LogP contribution is 2.25. The van der Waals surface area contributed by atoms with Crippen LogP contribution < -0.4 is 5.32 Å². The monoisotopic (exact) mass is 281 g/mol. The Morgan fingerprint density at radius 2 is 1.93 bits per heavy atom. The number of rotatable bonds is 3. The zero-order valence-electron chi connectivity index (χ0n) is 8.32. The Bertz CT molecular complexity index is 355. The molecule has 0 amide bonds. The summed E-state index contributed by atoms with van der Waals surface area (Å²) < 4.78 is 38.0. The first-order valence-corrected chi connectivity index (χ1v) is 5.21. The van der Waals surface area contributed by atoms with Crippen LogP contribution in [-0.4, -0.2) is 12.5 Å². The van der Waals surface area contributed by atoms with Gasteiger partial charge in [0.05, 0.1) is 10.5 Å². The van der Waals surface area contributed by atoms with Gasteiger partial charge in [-0.15, -0.1) is 0 Å². The predicted molar refractivity (Wildman–Crippen MR) is 57.9 cm³/mol. The molecule has 0 saturated carbocycles. The molecule has 5 heteroatoms. The lowest BCUT2D eigenvalue weighted by atomic mass is 10.2. The van der Waals surface area contributed by atoms with E-state index in [1.54, 1.807) is 13.0 Å². The molecular formula is C10H11BrF3N. The highest BCUT2D eigenvalue weighted by atomic mass is 79.9. The summed E-state index contributed by atoms with van der Waals surface area (Å²) >= 11 is 3.02. The molecule has 0 radical (unpaired) electrons. The molecule has 1 aromatic rings. The van der Waals surface area contributed by atoms with E-state index >= 15 is 0 Å². The van der Waals surface area contributed by atoms with E-state index in [1.807, 2.05) is 0 Å². The number of hydrogen-bond acceptors (Lipinski definition) is 1. The van der Waals surface area contributed by atoms with Crippen molar-refractivity contribution in [2.75, 3.05) is 5.32 Å². The van der Waals surface area contributed by atoms with Gasteiger partial charge in [-0.1, -0.05) is 0 Å². The molecule has 0 saturated heterocycles. The Morgan fingerprint density at radius 1 is 1.33 bits per heavy atom. The van der Waals surface area contributed by atoms with Crippen molar-refractivity contribution in [1.82, 2.24) is 0 Å². The molecule has 0 aliphatic rings. The average molecular weight is 282 g/mol. The molecule has 0 spiro atoms. The molecule has 0 aliphatic heterocycles. The summed E-state index contributed by atoms with van der Waals surface area (Å²) in [4.78, 5) is 0. The number of hydrogen-bond donors (Lipinski definition) is 1. The Hall–Kier alpha value is -0.710. The highest BCUT2D eigenvalue weighted by Gasteiger charge is 2.15. The third-order valence-electron chi connectivity index (χ3n) is 2.03. The lowest BCUT2D eigenvalue weighted by Gasteiger charge is -2.16. The van der Waals surface area contributed by atoms with Crippen molar-refractivity contribution in [2.45, 2.75) is 26.3 Å². The molecule has 1 aromatic carbocycles. The maximum absolute atomic E-state index is 13.1. The van der Waals surface area contributed by atoms with Crippen LogP contribution >= 0.6 is 15.9 Å². The zero-order chi connectivity index (χ0) is 11.6. The fourth-order valence-corrected chi connectivity index (χ4v) is 1.57. The topological polar surface area (TPSA) is 12.0 Å². The Balaban J connectivity index is 2.91. The van der Waals surface area contributed by atoms with Gasteiger partial charge in [-0.05, 0) is 47.5 Å². The van der Waals surface area contributed by atoms with E-state index in [0.29, 0.717) is 10.2 Å². The summed E-state index contributed by atoms with van der Waals surface area (Å²) in [6.45, 7) is 3.08. The largest absolute Gasteiger partial charge is 0.377 e. The van der Waals surface area contributed by atoms with Gasteiger partial charge in [-0.2, -0.15) is 0 Å². The minimum atomic E-state index is -2.48. The van der Waals surface area contributed by atoms with E-state index < -0.39 is 18.3 Å². The molecular weight excluding hydrogens is 271 g/mol. The molecule has 84 valence electrons. The molecule has 0 aromatic heterocycles. The quantitative estimate of drug-likeness (QED) is 0.884. The molecule has 1 N–H and O–H groups in total. The third-order valence-corrected chi connectivity index (χ3v) is 2.64. The second-order valence-electron chi connectivity index (χ2n) is 3.35. The minimum Gasteiger partial charge on any atom is -0.377 e. The van der Waals surface area contributed by atoms with Crippen LogP contribution in [-0.2, 0) is 0 Å². The Kier molecular flexibility index (Phi) is 4.02. The second-order valence-corrected chi connectivity index (χ2v) is 4.20. The molecule has 1 nitrogen and oxygen atoms in total. The summed E-state index contributed by atoms with van der Waals surface area (Å²) in [5.74, 6) is -0.468. The smallest absolute Gasteiger partial charge is 0.258 e. The van der Waals surface area contributed by atoms with Gasteiger partial charge in [0.2, 0.25) is 0 Å². The van der Waals surface area contributed by atoms with E-state index in [9.17, 15) is 13.2 Å². The number of halogens is 4. The highest BCUT2D eigenvalue weighted by molar-refractivity contribution is 9.10. The number of nitrogens with one attached hydrogen (secondary N) is 1. The predicted octanol–water partition coefficient (Wildman–Crippen LogP) is 3.96. The van der Waals surface area contributed by atoms with Gasteiger partial charge in [0.1, 0.15) is 5.82 Å². The SMILES string of the molecule is Cc1cc(Br)c(F)cc1NC(C)C(F)F. The van der Waals surface area contributed by atoms with Crippen LogP contribution in [0.4, 0.5) is 18.9 Å². The van der Waals surface area contributed by atoms with Crippen LogP contribution in [0, 0.1) is 12.7 Å². The molecule has 1 unspecified atom stereocenters. The van der Waals surface area contributed by atoms with Crippen LogP contribution in [0.2, 0.25) is 0 Å². The number of benzene rings is 1. The first-order chi connectivity index (χ1) is 6.91. The molecule has 1 atom stereocenters. The van der Waals surface area contributed by atoms with Crippen LogP contribution in [0.3, 0.4) is 0 Å². The van der Waals surface area contributed by atoms with Crippen molar-refractivity contribution in [1.29, 1.82) is 0 Å². The van der Waals surface area contributed by atoms with Crippen molar-refractivity contribution < 1.29 is 13.2 Å². The average Bonchev–Trinajstić information content (AvgIpc) is 2.13. The van der Waals surface area contributed by atoms with Gasteiger partial charge in [0, 0.05) is 5.69 Å². The van der Waals surface area contributed by atoms with Gasteiger partial charge in [-0.25, -0.2) is 13.2 Å². The second kappa shape index (κ2) is 4.88. The van der Waals surface area contributed by atoms with Crippen LogP contribution in [0.15, 0.2) is 16.6 Å². The third kappa shape index (κ3) is 3.12. The van der Waals surface area contributed by atoms with Crippen molar-refractivity contribution in [3.63, 3.8) is 0 Å². The first kappa shape index (κ1) is 12.4. The lowest BCUT2D eigenvalue weighted by molar-refractivity contribution is 0.130. The van der Waals surface area contributed by atoms with E-state index in [1.165, 1.54) is 13.0 Å². The minimum absolute atomic E-state index is 0.329. The van der Waals surface area contributed by atoms with E-state index in [0.717, 1.165) is 5.56 Å². The zero-order valence-corrected chi connectivity index (χ0v) is 9.91. The molecule has 15 heavy (non-hydrogen) atoms. The van der Waals surface area contributed by atoms with Crippen molar-refractivity contribution in [3.8, 4) is 0 Å². The molecule has 0 bridgehead atoms. The Morgan fingerprint density at radius 3 is 2.47 bits per heavy atom. The standard InChI is InChI=1S/C10H11BrF3N/c1-5-3-7(11)8(12)4-9(5)15-6(2)10(13)14/h3-4,6,10,15H,1-2H3. The van der Waals surface area contributed by atoms with Gasteiger partial charge < -0.3 is 5.32 Å². The maximum atomic E-state index is 13.1. The van der Waals surface area contributed by atoms with E-state index in [-0.39, 0.29) is 0 Å². The van der Waals surface area contributed by atoms with E-state index in [2.05, 4.69) is 21.2 Å². The summed E-state index contributed by atoms with van der Waals surface area (Å²) in [6, 6.07) is 1.76. The van der Waals surface area contributed by atoms with Gasteiger partial charge in [0.15, 0.2) is 0 Å². The van der Waals surface area contributed by atoms with Crippen LogP contribution in [0.25, 0.3) is 0 Å². The summed E-state index contributed by atoms with van der Waals surface area (Å²) in [6.07, 6.45) is -2.48. The molecule has 0 heterocycles. The van der Waals surface area contributed by atoms with Crippen LogP contribution in [0.1, 0.15) is 12.5 Å². The maximum Gasteiger partial charge on any atom is 0.258 e. The molecule has 0 fully saturated rings. The van der Waals surface area contributed by atoms with Crippen molar-refractivity contribution >= 4 is 21.6 Å². The number of anilines is 1. The normalized spacial score (nSPS) is 13.0. The lowest BCUT2D eigenvalue weighted by Crippen LogP contribution is -2.24. The number of alkyl halides is 2. The number of aryl methyl sites for hydroxylation is 1. The van der Waals surface area contributed by atoms with Crippen LogP contribution in [0.5, 0.6) is 0 Å². The first-order valence-electron chi connectivity index (χ1n) is 4.42. The van der Waals surface area contributed by atoms with Crippen molar-refractivity contribution in [2.24, 2.45) is 0 Å². The van der Waals surface area contributed by atoms with Gasteiger partial charge in [0.25, 0.3) is 6.43 Å². The summed E-state index contributed by atoms with van der Waals surface area (Å²) in [5, 5.41) is 2.57. The van der Waals surface area contributed by atoms with Gasteiger partial charge in [-0.3, -0.25) is 0 Å². The van der Waals surface area contributed by atoms with E-state index in [4.69, 9.17) is 0 Å². The molecule has 1 rings (SSSR count). The summed E-state index contributed by atoms with van der Waals surface area (Å²) in [7, 11) is 0. The summed E-state index contributed by atoms with van der Waals surface area (Å²) in [5.41, 5.74) is 1.11. The fourth-order valence-electron chi connectivity index (χ4n) is 1.11. The van der Waals surface area contributed by atoms with Gasteiger partial charge >= 0.3 is 0 Å². The fraction of sp³-hybridized carbons (Fsp3) is 0.400. The van der Waals surface area contributed by atoms with Crippen molar-refractivity contribution in [3.05, 3.63) is 28.0 Å². The molecule has 0 aliphatic carbocycles. The Labute approximate surface area is 94.8 Å².